The Hall–Kier alpha value is -16.0. The Bertz CT molecular complexity index is 7590. The van der Waals surface area contributed by atoms with Crippen molar-refractivity contribution in [2.45, 2.75) is 103 Å². The zero-order chi connectivity index (χ0) is 103. The number of tetrazole rings is 2. The highest BCUT2D eigenvalue weighted by atomic mass is 35.5. The average Bonchev–Trinajstić information content (AvgIpc) is 1.67. The second-order valence-corrected chi connectivity index (χ2v) is 39.6. The van der Waals surface area contributed by atoms with Gasteiger partial charge in [-0.15, -0.1) is 10.2 Å². The normalized spacial score (nSPS) is 11.4. The lowest BCUT2D eigenvalue weighted by atomic mass is 10.1. The molecule has 0 spiro atoms. The minimum absolute atomic E-state index is 0.0556. The summed E-state index contributed by atoms with van der Waals surface area (Å²) in [6.07, 6.45) is 10.8. The molecule has 0 saturated heterocycles. The molecule has 750 valence electrons. The van der Waals surface area contributed by atoms with Crippen LogP contribution in [0.1, 0.15) is 61.6 Å². The predicted molar refractivity (Wildman–Crippen MR) is 547 cm³/mol. The summed E-state index contributed by atoms with van der Waals surface area (Å²) in [7, 11) is -7.57. The molecule has 16 aromatic rings. The van der Waals surface area contributed by atoms with Crippen molar-refractivity contribution in [1.29, 1.82) is 0 Å². The Morgan fingerprint density at radius 3 is 1.05 bits per heavy atom. The molecule has 42 nitrogen and oxygen atoms in total. The van der Waals surface area contributed by atoms with Gasteiger partial charge in [0.05, 0.1) is 46.2 Å². The summed E-state index contributed by atoms with van der Waals surface area (Å²) in [6.45, 7) is 5.11. The number of halogens is 4. The van der Waals surface area contributed by atoms with Crippen molar-refractivity contribution in [3.05, 3.63) is 404 Å². The lowest BCUT2D eigenvalue weighted by Gasteiger charge is -2.23. The van der Waals surface area contributed by atoms with E-state index in [0.717, 1.165) is 16.8 Å². The molecular weight excluding hydrogens is 2010 g/mol. The number of carbonyl (C=O) groups excluding carboxylic acids is 4. The van der Waals surface area contributed by atoms with Gasteiger partial charge in [-0.1, -0.05) is 186 Å². The fraction of sp³-hybridized carbons (Fsp3) is 0.198. The first-order valence-electron chi connectivity index (χ1n) is 44.2. The number of nitrogens with one attached hydrogen (secondary N) is 8. The van der Waals surface area contributed by atoms with Crippen LogP contribution in [0.5, 0.6) is 0 Å². The summed E-state index contributed by atoms with van der Waals surface area (Å²) >= 11 is 24.7. The Labute approximate surface area is 850 Å². The first kappa shape index (κ1) is 106. The molecule has 8 aromatic carbocycles. The van der Waals surface area contributed by atoms with E-state index in [1.807, 2.05) is 73.6 Å². The number of likely N-dealkylation sites (N-methyl/N-ethyl adjacent to an activating group) is 1. The molecule has 0 saturated carbocycles. The van der Waals surface area contributed by atoms with E-state index >= 15 is 0 Å². The van der Waals surface area contributed by atoms with Crippen LogP contribution in [0.15, 0.2) is 300 Å². The maximum atomic E-state index is 13.2. The van der Waals surface area contributed by atoms with E-state index in [1.54, 1.807) is 200 Å². The number of pyridine rings is 3. The predicted octanol–water partition coefficient (Wildman–Crippen LogP) is 9.12. The number of aromatic nitrogens is 19. The topological polar surface area (TPSA) is 520 Å². The molecule has 1 atom stereocenters. The molecule has 16 rings (SSSR count). The maximum absolute atomic E-state index is 13.2. The van der Waals surface area contributed by atoms with Crippen molar-refractivity contribution in [3.8, 4) is 22.7 Å². The Morgan fingerprint density at radius 1 is 0.372 bits per heavy atom. The summed E-state index contributed by atoms with van der Waals surface area (Å²) in [5, 5.41) is 46.4. The van der Waals surface area contributed by atoms with Gasteiger partial charge in [0.2, 0.25) is 53.7 Å². The van der Waals surface area contributed by atoms with Crippen LogP contribution in [0.4, 0.5) is 22.9 Å². The summed E-state index contributed by atoms with van der Waals surface area (Å²) in [4.78, 5) is 117. The number of rotatable bonds is 38. The number of anilines is 4. The summed E-state index contributed by atoms with van der Waals surface area (Å²) < 4.78 is 93.5. The van der Waals surface area contributed by atoms with Crippen LogP contribution >= 0.6 is 46.4 Å². The van der Waals surface area contributed by atoms with Gasteiger partial charge < -0.3 is 45.2 Å². The highest BCUT2D eigenvalue weighted by molar-refractivity contribution is 7.92. The quantitative estimate of drug-likeness (QED) is 0.0179. The molecule has 0 bridgehead atoms. The van der Waals surface area contributed by atoms with Crippen molar-refractivity contribution in [2.75, 3.05) is 40.1 Å². The van der Waals surface area contributed by atoms with E-state index in [-0.39, 0.29) is 104 Å². The zero-order valence-corrected chi connectivity index (χ0v) is 83.7. The fourth-order valence-corrected chi connectivity index (χ4v) is 19.0. The lowest BCUT2D eigenvalue weighted by Crippen LogP contribution is -2.38. The first-order valence-corrected chi connectivity index (χ1v) is 50.6. The van der Waals surface area contributed by atoms with Gasteiger partial charge in [-0.05, 0) is 204 Å². The molecule has 0 aliphatic carbocycles. The molecule has 8 aromatic heterocycles. The van der Waals surface area contributed by atoms with Crippen LogP contribution in [0, 0.1) is 20.8 Å². The summed E-state index contributed by atoms with van der Waals surface area (Å²) in [5.41, 5.74) is 7.35. The van der Waals surface area contributed by atoms with Crippen LogP contribution < -0.4 is 63.0 Å². The number of para-hydroxylation sites is 1. The minimum Gasteiger partial charge on any atom is -0.361 e. The van der Waals surface area contributed by atoms with Crippen molar-refractivity contribution >= 4 is 123 Å². The third-order valence-electron chi connectivity index (χ3n) is 21.6. The number of carbonyl (C=O) groups is 4. The molecule has 4 amide bonds. The third-order valence-corrected chi connectivity index (χ3v) is 26.3. The van der Waals surface area contributed by atoms with Crippen molar-refractivity contribution < 1.29 is 44.4 Å². The molecule has 8 heterocycles. The molecule has 0 fully saturated rings. The molecule has 145 heavy (non-hydrogen) atoms. The molecule has 49 heteroatoms. The number of aryl methyl sites for hydroxylation is 3. The minimum atomic E-state index is -3.84. The standard InChI is InChI=1S/C25H27Cl2N9O2.C24H23ClN6O4S.C24H24N6O4S.C23H22ClN7O4S/c1-34(2)14-20(10-17-6-4-3-5-7-17)31-24-25(38)35(22(27)13-29-24)15-23(37)28-12-18-11-19(26)8-9-21(18)36-16-30-32-33-36;1-17-7-9-21(29-36(34,35)14-18-5-3-2-4-6-18)24(33)30(17)13-23(32)27-12-19-11-20(25)8-10-22(19)31-16-26-15-28-31;1-18-11-12-21(28-35(33,34)15-19-7-3-2-4-8-19)24(32)29(18)14-23(31)26-13-20-9-5-6-10-22(20)30-17-25-16-27-30;1-16-7-9-20(27-36(34,35)14-17-5-3-2-4-6-17)23(33)30(16)13-22(32)25-12-18-11-19(24)8-10-21(18)31-15-26-28-29-31/h3-9,11,13,16,20H,10,12,14-15H2,1-2H3,(H,28,37)(H,29,31);2-11,15-16,29H,12-14H2,1H3,(H,27,32);2-12,16-17,28H,13-15H2,1H3,(H,26,31);2-11,15,27H,12-14H2,1H3,(H,25,32)/t20-;;;/m0.../s1. The Kier molecular flexibility index (Phi) is 36.7. The second kappa shape index (κ2) is 50.1. The van der Waals surface area contributed by atoms with Crippen LogP contribution in [0.3, 0.4) is 0 Å². The highest BCUT2D eigenvalue weighted by Gasteiger charge is 2.25. The maximum Gasteiger partial charge on any atom is 0.294 e. The van der Waals surface area contributed by atoms with Gasteiger partial charge >= 0.3 is 0 Å². The Balaban J connectivity index is 0.000000162. The Morgan fingerprint density at radius 2 is 0.703 bits per heavy atom. The number of hydrogen-bond donors (Lipinski definition) is 8. The van der Waals surface area contributed by atoms with Crippen LogP contribution in [-0.2, 0) is 125 Å². The van der Waals surface area contributed by atoms with E-state index in [9.17, 15) is 63.6 Å². The molecular formula is C96H96Cl4N28O14S3. The van der Waals surface area contributed by atoms with Gasteiger partial charge in [-0.2, -0.15) is 10.2 Å². The molecule has 8 N–H and O–H groups in total. The van der Waals surface area contributed by atoms with Crippen LogP contribution in [-0.4, -0.2) is 174 Å². The lowest BCUT2D eigenvalue weighted by molar-refractivity contribution is -0.122. The fourth-order valence-electron chi connectivity index (χ4n) is 14.7. The highest BCUT2D eigenvalue weighted by Crippen LogP contribution is 2.25. The summed E-state index contributed by atoms with van der Waals surface area (Å²) in [6, 6.07) is 67.6. The molecule has 0 aliphatic heterocycles. The number of benzene rings is 8. The summed E-state index contributed by atoms with van der Waals surface area (Å²) in [5.74, 6) is -2.41. The van der Waals surface area contributed by atoms with Gasteiger partial charge in [-0.3, -0.25) is 57.1 Å². The van der Waals surface area contributed by atoms with Crippen molar-refractivity contribution in [2.24, 2.45) is 0 Å². The van der Waals surface area contributed by atoms with Gasteiger partial charge in [-0.25, -0.2) is 58.9 Å². The van der Waals surface area contributed by atoms with E-state index in [1.165, 1.54) is 83.7 Å². The zero-order valence-electron chi connectivity index (χ0n) is 78.2. The number of sulfonamides is 3. The van der Waals surface area contributed by atoms with Gasteiger partial charge in [0, 0.05) is 70.9 Å². The third kappa shape index (κ3) is 31.0. The van der Waals surface area contributed by atoms with E-state index in [4.69, 9.17) is 46.4 Å². The average molecular weight is 2100 g/mol. The van der Waals surface area contributed by atoms with Gasteiger partial charge in [0.15, 0.2) is 5.82 Å². The van der Waals surface area contributed by atoms with Crippen molar-refractivity contribution in [1.82, 2.24) is 119 Å². The second-order valence-electron chi connectivity index (χ2n) is 32.7. The molecule has 0 aliphatic rings. The first-order chi connectivity index (χ1) is 69.5. The number of amides is 4. The van der Waals surface area contributed by atoms with Crippen LogP contribution in [0.25, 0.3) is 22.7 Å². The monoisotopic (exact) mass is 2100 g/mol. The van der Waals surface area contributed by atoms with Crippen molar-refractivity contribution in [3.63, 3.8) is 0 Å². The number of hydrogen-bond acceptors (Lipinski definition) is 27. The van der Waals surface area contributed by atoms with E-state index in [2.05, 4.69) is 97.0 Å². The SMILES string of the molecule is CN(C)C[C@H](Cc1ccccc1)Nc1ncc(Cl)n(CC(=O)NCc2cc(Cl)ccc2-n2cnnn2)c1=O.Cc1ccc(NS(=O)(=O)Cc2ccccc2)c(=O)n1CC(=O)NCc1cc(Cl)ccc1-n1cncn1.Cc1ccc(NS(=O)(=O)Cc2ccccc2)c(=O)n1CC(=O)NCc1cc(Cl)ccc1-n1cnnn1.Cc1ccc(NS(=O)(=O)Cc2ccccc2)c(=O)n1CC(=O)NCc1ccccc1-n1cncn1. The number of nitrogens with zero attached hydrogens (tertiary/aromatic N) is 20. The molecule has 0 radical (unpaired) electrons. The van der Waals surface area contributed by atoms with Crippen LogP contribution in [0.2, 0.25) is 20.2 Å². The molecule has 0 unspecified atom stereocenters. The largest absolute Gasteiger partial charge is 0.361 e. The van der Waals surface area contributed by atoms with E-state index in [0.29, 0.717) is 95.6 Å². The van der Waals surface area contributed by atoms with Gasteiger partial charge in [0.25, 0.3) is 22.2 Å². The van der Waals surface area contributed by atoms with Gasteiger partial charge in [0.1, 0.15) is 86.4 Å². The van der Waals surface area contributed by atoms with E-state index < -0.39 is 75.9 Å². The smallest absolute Gasteiger partial charge is 0.294 e.